The lowest BCUT2D eigenvalue weighted by Gasteiger charge is -2.35. The Balaban J connectivity index is 1.79. The van der Waals surface area contributed by atoms with Crippen molar-refractivity contribution >= 4 is 11.4 Å². The number of benzene rings is 1. The highest BCUT2D eigenvalue weighted by molar-refractivity contribution is 5.56. The van der Waals surface area contributed by atoms with Crippen LogP contribution in [0.1, 0.15) is 17.5 Å². The maximum Gasteiger partial charge on any atom is 0.271 e. The number of nitrogens with zero attached hydrogens (tertiary/aromatic N) is 4. The summed E-state index contributed by atoms with van der Waals surface area (Å²) in [6, 6.07) is 8.49. The molecule has 27 heavy (non-hydrogen) atoms. The van der Waals surface area contributed by atoms with Crippen molar-refractivity contribution in [2.24, 2.45) is 7.05 Å². The molecule has 0 bridgehead atoms. The molecule has 1 N–H and O–H groups in total. The van der Waals surface area contributed by atoms with Gasteiger partial charge in [0.05, 0.1) is 11.9 Å². The van der Waals surface area contributed by atoms with Crippen LogP contribution < -0.4 is 15.8 Å². The number of piperazine rings is 1. The monoisotopic (exact) mass is 367 g/mol. The van der Waals surface area contributed by atoms with Crippen LogP contribution in [0.15, 0.2) is 47.9 Å². The fourth-order valence-electron chi connectivity index (χ4n) is 3.43. The first-order chi connectivity index (χ1) is 13.1. The first-order valence-electron chi connectivity index (χ1n) is 9.51. The Hall–Kier alpha value is -2.60. The summed E-state index contributed by atoms with van der Waals surface area (Å²) in [5.74, 6) is 0. The fraction of sp³-hybridized carbons (Fsp3) is 0.429. The first-order valence-corrected chi connectivity index (χ1v) is 9.51. The topological polar surface area (TPSA) is 53.4 Å². The Bertz CT molecular complexity index is 837. The number of rotatable bonds is 7. The maximum atomic E-state index is 12.5. The summed E-state index contributed by atoms with van der Waals surface area (Å²) in [6.07, 6.45) is 5.03. The second-order valence-corrected chi connectivity index (χ2v) is 7.07. The summed E-state index contributed by atoms with van der Waals surface area (Å²) < 4.78 is 1.39. The molecule has 1 aliphatic rings. The molecule has 0 aliphatic carbocycles. The van der Waals surface area contributed by atoms with Crippen molar-refractivity contribution in [3.05, 3.63) is 64.6 Å². The molecule has 3 rings (SSSR count). The summed E-state index contributed by atoms with van der Waals surface area (Å²) in [5.41, 5.74) is 4.03. The second kappa shape index (κ2) is 8.86. The number of anilines is 2. The van der Waals surface area contributed by atoms with Crippen LogP contribution in [-0.2, 0) is 20.0 Å². The zero-order chi connectivity index (χ0) is 19.2. The lowest BCUT2D eigenvalue weighted by Crippen LogP contribution is -2.44. The van der Waals surface area contributed by atoms with E-state index in [1.54, 1.807) is 13.2 Å². The Morgan fingerprint density at radius 1 is 1.19 bits per heavy atom. The molecule has 1 aromatic heterocycles. The van der Waals surface area contributed by atoms with Crippen molar-refractivity contribution in [1.29, 1.82) is 0 Å². The minimum absolute atomic E-state index is 0.0470. The molecule has 0 saturated carbocycles. The number of likely N-dealkylation sites (N-methyl/N-ethyl adjacent to an activating group) is 1. The van der Waals surface area contributed by atoms with E-state index in [0.717, 1.165) is 43.9 Å². The number of hydrogen-bond donors (Lipinski definition) is 1. The third kappa shape index (κ3) is 4.57. The highest BCUT2D eigenvalue weighted by Gasteiger charge is 2.17. The van der Waals surface area contributed by atoms with Gasteiger partial charge in [0, 0.05) is 51.0 Å². The zero-order valence-corrected chi connectivity index (χ0v) is 16.3. The van der Waals surface area contributed by atoms with Gasteiger partial charge in [-0.2, -0.15) is 5.10 Å². The van der Waals surface area contributed by atoms with E-state index >= 15 is 0 Å². The minimum atomic E-state index is -0.0470. The van der Waals surface area contributed by atoms with Crippen LogP contribution in [0.5, 0.6) is 0 Å². The van der Waals surface area contributed by atoms with Crippen LogP contribution in [0.4, 0.5) is 11.4 Å². The van der Waals surface area contributed by atoms with Gasteiger partial charge in [0.15, 0.2) is 0 Å². The molecule has 0 radical (unpaired) electrons. The van der Waals surface area contributed by atoms with E-state index in [0.29, 0.717) is 13.0 Å². The smallest absolute Gasteiger partial charge is 0.271 e. The molecular weight excluding hydrogens is 338 g/mol. The predicted molar refractivity (Wildman–Crippen MR) is 111 cm³/mol. The van der Waals surface area contributed by atoms with Crippen molar-refractivity contribution in [1.82, 2.24) is 14.7 Å². The SMILES string of the molecule is C=CCCc1c(NCc2ccccc2N2CCN(C)CC2)cnn(C)c1=O. The number of para-hydroxylation sites is 1. The number of nitrogens with one attached hydrogen (secondary N) is 1. The van der Waals surface area contributed by atoms with Gasteiger partial charge in [-0.05, 0) is 31.5 Å². The second-order valence-electron chi connectivity index (χ2n) is 7.07. The van der Waals surface area contributed by atoms with Crippen molar-refractivity contribution in [3.8, 4) is 0 Å². The molecule has 2 heterocycles. The lowest BCUT2D eigenvalue weighted by atomic mass is 10.1. The Kier molecular flexibility index (Phi) is 6.29. The zero-order valence-electron chi connectivity index (χ0n) is 16.3. The normalized spacial score (nSPS) is 15.0. The van der Waals surface area contributed by atoms with Crippen LogP contribution in [0, 0.1) is 0 Å². The summed E-state index contributed by atoms with van der Waals surface area (Å²) in [5, 5.41) is 7.63. The van der Waals surface area contributed by atoms with Crippen LogP contribution in [0.2, 0.25) is 0 Å². The van der Waals surface area contributed by atoms with Gasteiger partial charge in [-0.3, -0.25) is 4.79 Å². The van der Waals surface area contributed by atoms with Gasteiger partial charge < -0.3 is 15.1 Å². The lowest BCUT2D eigenvalue weighted by molar-refractivity contribution is 0.312. The highest BCUT2D eigenvalue weighted by Crippen LogP contribution is 2.23. The van der Waals surface area contributed by atoms with Gasteiger partial charge in [0.2, 0.25) is 0 Å². The average Bonchev–Trinajstić information content (AvgIpc) is 2.69. The van der Waals surface area contributed by atoms with Gasteiger partial charge in [0.1, 0.15) is 0 Å². The van der Waals surface area contributed by atoms with Gasteiger partial charge in [-0.1, -0.05) is 24.3 Å². The number of allylic oxidation sites excluding steroid dienone is 1. The van der Waals surface area contributed by atoms with E-state index in [1.807, 2.05) is 6.08 Å². The molecule has 6 heteroatoms. The van der Waals surface area contributed by atoms with E-state index in [9.17, 15) is 4.79 Å². The molecule has 1 aliphatic heterocycles. The van der Waals surface area contributed by atoms with Gasteiger partial charge in [-0.15, -0.1) is 6.58 Å². The van der Waals surface area contributed by atoms with E-state index in [2.05, 4.69) is 58.1 Å². The van der Waals surface area contributed by atoms with Gasteiger partial charge >= 0.3 is 0 Å². The molecule has 1 saturated heterocycles. The third-order valence-electron chi connectivity index (χ3n) is 5.14. The summed E-state index contributed by atoms with van der Waals surface area (Å²) in [6.45, 7) is 8.65. The summed E-state index contributed by atoms with van der Waals surface area (Å²) >= 11 is 0. The number of aromatic nitrogens is 2. The molecule has 0 amide bonds. The van der Waals surface area contributed by atoms with Crippen molar-refractivity contribution in [3.63, 3.8) is 0 Å². The Labute approximate surface area is 161 Å². The highest BCUT2D eigenvalue weighted by atomic mass is 16.1. The predicted octanol–water partition coefficient (Wildman–Crippen LogP) is 2.26. The van der Waals surface area contributed by atoms with E-state index in [-0.39, 0.29) is 5.56 Å². The Morgan fingerprint density at radius 3 is 2.67 bits per heavy atom. The van der Waals surface area contributed by atoms with Crippen LogP contribution >= 0.6 is 0 Å². The van der Waals surface area contributed by atoms with E-state index < -0.39 is 0 Å². The third-order valence-corrected chi connectivity index (χ3v) is 5.14. The van der Waals surface area contributed by atoms with E-state index in [1.165, 1.54) is 15.9 Å². The minimum Gasteiger partial charge on any atom is -0.379 e. The van der Waals surface area contributed by atoms with Crippen LogP contribution in [0.25, 0.3) is 0 Å². The number of hydrogen-bond acceptors (Lipinski definition) is 5. The first kappa shape index (κ1) is 19.2. The molecule has 2 aromatic rings. The molecule has 0 atom stereocenters. The molecule has 1 fully saturated rings. The van der Waals surface area contributed by atoms with Gasteiger partial charge in [0.25, 0.3) is 5.56 Å². The van der Waals surface area contributed by atoms with Crippen LogP contribution in [-0.4, -0.2) is 47.9 Å². The molecule has 6 nitrogen and oxygen atoms in total. The molecule has 0 spiro atoms. The number of aryl methyl sites for hydroxylation is 1. The van der Waals surface area contributed by atoms with Gasteiger partial charge in [-0.25, -0.2) is 4.68 Å². The average molecular weight is 367 g/mol. The molecular formula is C21H29N5O. The molecule has 1 aromatic carbocycles. The summed E-state index contributed by atoms with van der Waals surface area (Å²) in [4.78, 5) is 17.3. The van der Waals surface area contributed by atoms with Crippen molar-refractivity contribution < 1.29 is 0 Å². The quantitative estimate of drug-likeness (QED) is 0.761. The molecule has 0 unspecified atom stereocenters. The van der Waals surface area contributed by atoms with Crippen LogP contribution in [0.3, 0.4) is 0 Å². The molecule has 144 valence electrons. The standard InChI is InChI=1S/C21H29N5O/c1-4-5-9-18-19(16-23-25(3)21(18)27)22-15-17-8-6-7-10-20(17)26-13-11-24(2)12-14-26/h4,6-8,10,16,22H,1,5,9,11-15H2,2-3H3. The van der Waals surface area contributed by atoms with E-state index in [4.69, 9.17) is 0 Å². The maximum absolute atomic E-state index is 12.5. The Morgan fingerprint density at radius 2 is 1.93 bits per heavy atom. The largest absolute Gasteiger partial charge is 0.379 e. The van der Waals surface area contributed by atoms with Crippen molar-refractivity contribution in [2.45, 2.75) is 19.4 Å². The summed E-state index contributed by atoms with van der Waals surface area (Å²) in [7, 11) is 3.85. The van der Waals surface area contributed by atoms with Crippen molar-refractivity contribution in [2.75, 3.05) is 43.4 Å². The fourth-order valence-corrected chi connectivity index (χ4v) is 3.43.